The number of esters is 1. The Morgan fingerprint density at radius 3 is 2.76 bits per heavy atom. The number of rotatable bonds is 5. The second-order valence-electron chi connectivity index (χ2n) is 6.90. The van der Waals surface area contributed by atoms with Crippen molar-refractivity contribution in [3.05, 3.63) is 29.3 Å². The van der Waals surface area contributed by atoms with E-state index in [1.807, 2.05) is 12.1 Å². The molecule has 29 heavy (non-hydrogen) atoms. The lowest BCUT2D eigenvalue weighted by Crippen LogP contribution is -2.47. The Balaban J connectivity index is 1.55. The molecule has 0 aliphatic carbocycles. The molecule has 2 aromatic rings. The number of fused-ring (bicyclic) bond motifs is 1. The van der Waals surface area contributed by atoms with Crippen LogP contribution in [0.25, 0.3) is 16.2 Å². The summed E-state index contributed by atoms with van der Waals surface area (Å²) in [7, 11) is 3.04. The summed E-state index contributed by atoms with van der Waals surface area (Å²) in [5.74, 6) is -0.376. The van der Waals surface area contributed by atoms with Crippen LogP contribution in [0.2, 0.25) is 0 Å². The van der Waals surface area contributed by atoms with Crippen LogP contribution >= 0.6 is 11.3 Å². The Labute approximate surface area is 172 Å². The first-order valence-corrected chi connectivity index (χ1v) is 10.1. The maximum absolute atomic E-state index is 12.6. The van der Waals surface area contributed by atoms with Crippen LogP contribution in [0.15, 0.2) is 24.4 Å². The molecular formula is C20H24N4O4S. The van der Waals surface area contributed by atoms with Crippen molar-refractivity contribution in [1.82, 2.24) is 14.8 Å². The highest BCUT2D eigenvalue weighted by Crippen LogP contribution is 2.29. The molecule has 0 spiro atoms. The maximum atomic E-state index is 12.6. The number of aromatic nitrogens is 1. The van der Waals surface area contributed by atoms with E-state index >= 15 is 0 Å². The minimum atomic E-state index is -0.534. The van der Waals surface area contributed by atoms with Gasteiger partial charge in [0.25, 0.3) is 0 Å². The van der Waals surface area contributed by atoms with Gasteiger partial charge in [0.05, 0.1) is 7.11 Å². The molecule has 2 amide bonds. The molecule has 1 aliphatic rings. The van der Waals surface area contributed by atoms with Gasteiger partial charge in [-0.25, -0.2) is 4.98 Å². The molecule has 0 aromatic carbocycles. The highest BCUT2D eigenvalue weighted by Gasteiger charge is 2.27. The van der Waals surface area contributed by atoms with Crippen molar-refractivity contribution in [2.75, 3.05) is 33.0 Å². The lowest BCUT2D eigenvalue weighted by Gasteiger charge is -2.36. The Bertz CT molecular complexity index is 947. The highest BCUT2D eigenvalue weighted by atomic mass is 32.1. The summed E-state index contributed by atoms with van der Waals surface area (Å²) in [5.41, 5.74) is 5.88. The standard InChI is InChI=1S/C20H24N4O4S/c1-23(13-6-9-24(10-7-13)18(26)12-19(27)28-2)17(25)4-3-14-11-15-16(29-14)5-8-22-20(15)21/h3-5,8,11,13H,6-7,9-10,12H2,1-2H3,(H2,21,22)/b4-3+. The normalized spacial score (nSPS) is 15.0. The molecule has 9 heteroatoms. The summed E-state index contributed by atoms with van der Waals surface area (Å²) in [6.07, 6.45) is 6.12. The van der Waals surface area contributed by atoms with Crippen LogP contribution in [-0.2, 0) is 19.1 Å². The van der Waals surface area contributed by atoms with Gasteiger partial charge in [0.2, 0.25) is 11.8 Å². The fourth-order valence-electron chi connectivity index (χ4n) is 3.35. The van der Waals surface area contributed by atoms with Crippen molar-refractivity contribution in [2.24, 2.45) is 0 Å². The van der Waals surface area contributed by atoms with Crippen molar-refractivity contribution in [2.45, 2.75) is 25.3 Å². The minimum absolute atomic E-state index is 0.0524. The van der Waals surface area contributed by atoms with Crippen molar-refractivity contribution >= 4 is 51.1 Å². The van der Waals surface area contributed by atoms with Gasteiger partial charge in [0.1, 0.15) is 12.2 Å². The number of nitrogens with two attached hydrogens (primary N) is 1. The number of hydrogen-bond acceptors (Lipinski definition) is 7. The van der Waals surface area contributed by atoms with Gasteiger partial charge in [-0.3, -0.25) is 14.4 Å². The number of likely N-dealkylation sites (N-methyl/N-ethyl adjacent to an activating group) is 1. The van der Waals surface area contributed by atoms with Crippen LogP contribution in [0.1, 0.15) is 24.1 Å². The largest absolute Gasteiger partial charge is 0.469 e. The number of carbonyl (C=O) groups excluding carboxylic acids is 3. The summed E-state index contributed by atoms with van der Waals surface area (Å²) < 4.78 is 5.56. The molecule has 0 radical (unpaired) electrons. The smallest absolute Gasteiger partial charge is 0.315 e. The Morgan fingerprint density at radius 1 is 1.38 bits per heavy atom. The number of nitrogen functional groups attached to an aromatic ring is 1. The van der Waals surface area contributed by atoms with Crippen LogP contribution in [0, 0.1) is 0 Å². The molecule has 1 saturated heterocycles. The molecule has 1 aliphatic heterocycles. The van der Waals surface area contributed by atoms with Crippen molar-refractivity contribution in [1.29, 1.82) is 0 Å². The summed E-state index contributed by atoms with van der Waals surface area (Å²) in [6.45, 7) is 1.04. The van der Waals surface area contributed by atoms with Gasteiger partial charge in [-0.15, -0.1) is 11.3 Å². The number of anilines is 1. The monoisotopic (exact) mass is 416 g/mol. The summed E-state index contributed by atoms with van der Waals surface area (Å²) in [4.78, 5) is 44.2. The third-order valence-corrected chi connectivity index (χ3v) is 6.19. The number of likely N-dealkylation sites (tertiary alicyclic amines) is 1. The molecule has 0 unspecified atom stereocenters. The topological polar surface area (TPSA) is 106 Å². The molecule has 0 saturated carbocycles. The van der Waals surface area contributed by atoms with Crippen LogP contribution in [0.4, 0.5) is 5.82 Å². The molecule has 3 rings (SSSR count). The van der Waals surface area contributed by atoms with E-state index in [1.165, 1.54) is 7.11 Å². The number of hydrogen-bond donors (Lipinski definition) is 1. The second kappa shape index (κ2) is 9.04. The van der Waals surface area contributed by atoms with Gasteiger partial charge in [0.15, 0.2) is 0 Å². The summed E-state index contributed by atoms with van der Waals surface area (Å²) in [5, 5.41) is 0.891. The Morgan fingerprint density at radius 2 is 2.10 bits per heavy atom. The van der Waals surface area contributed by atoms with E-state index in [0.717, 1.165) is 15.0 Å². The predicted molar refractivity (Wildman–Crippen MR) is 112 cm³/mol. The van der Waals surface area contributed by atoms with Crippen LogP contribution in [0.5, 0.6) is 0 Å². The van der Waals surface area contributed by atoms with E-state index in [-0.39, 0.29) is 24.3 Å². The number of thiophene rings is 1. The van der Waals surface area contributed by atoms with Gasteiger partial charge in [-0.05, 0) is 31.1 Å². The van der Waals surface area contributed by atoms with E-state index in [4.69, 9.17) is 5.73 Å². The van der Waals surface area contributed by atoms with Gasteiger partial charge >= 0.3 is 5.97 Å². The van der Waals surface area contributed by atoms with E-state index in [1.54, 1.807) is 46.5 Å². The number of piperidine rings is 1. The molecule has 8 nitrogen and oxygen atoms in total. The first-order valence-electron chi connectivity index (χ1n) is 9.32. The molecule has 2 aromatic heterocycles. The van der Waals surface area contributed by atoms with E-state index in [9.17, 15) is 14.4 Å². The molecule has 154 valence electrons. The zero-order valence-electron chi connectivity index (χ0n) is 16.5. The molecule has 2 N–H and O–H groups in total. The second-order valence-corrected chi connectivity index (χ2v) is 8.02. The van der Waals surface area contributed by atoms with Crippen molar-refractivity contribution in [3.8, 4) is 0 Å². The van der Waals surface area contributed by atoms with E-state index in [2.05, 4.69) is 9.72 Å². The number of ether oxygens (including phenoxy) is 1. The summed E-state index contributed by atoms with van der Waals surface area (Å²) in [6, 6.07) is 3.88. The fraction of sp³-hybridized carbons (Fsp3) is 0.400. The molecule has 0 bridgehead atoms. The van der Waals surface area contributed by atoms with Crippen LogP contribution in [0.3, 0.4) is 0 Å². The first-order chi connectivity index (χ1) is 13.9. The van der Waals surface area contributed by atoms with E-state index in [0.29, 0.717) is 31.7 Å². The number of amides is 2. The summed E-state index contributed by atoms with van der Waals surface area (Å²) >= 11 is 1.55. The minimum Gasteiger partial charge on any atom is -0.469 e. The van der Waals surface area contributed by atoms with Gasteiger partial charge < -0.3 is 20.3 Å². The zero-order valence-corrected chi connectivity index (χ0v) is 17.3. The Hall–Kier alpha value is -2.94. The van der Waals surface area contributed by atoms with Crippen molar-refractivity contribution < 1.29 is 19.1 Å². The molecular weight excluding hydrogens is 392 g/mol. The number of methoxy groups -OCH3 is 1. The number of nitrogens with zero attached hydrogens (tertiary/aromatic N) is 3. The number of pyridine rings is 1. The first kappa shape index (κ1) is 20.8. The quantitative estimate of drug-likeness (QED) is 0.453. The van der Waals surface area contributed by atoms with Gasteiger partial charge in [-0.1, -0.05) is 0 Å². The average Bonchev–Trinajstić information content (AvgIpc) is 3.16. The SMILES string of the molecule is COC(=O)CC(=O)N1CCC(N(C)C(=O)/C=C/c2cc3c(N)nccc3s2)CC1. The van der Waals surface area contributed by atoms with Crippen LogP contribution in [-0.4, -0.2) is 65.9 Å². The maximum Gasteiger partial charge on any atom is 0.315 e. The molecule has 3 heterocycles. The fourth-order valence-corrected chi connectivity index (χ4v) is 4.32. The van der Waals surface area contributed by atoms with Gasteiger partial charge in [0, 0.05) is 53.4 Å². The third-order valence-electron chi connectivity index (χ3n) is 5.12. The average molecular weight is 417 g/mol. The van der Waals surface area contributed by atoms with Crippen LogP contribution < -0.4 is 5.73 Å². The zero-order chi connectivity index (χ0) is 21.0. The van der Waals surface area contributed by atoms with E-state index < -0.39 is 5.97 Å². The lowest BCUT2D eigenvalue weighted by atomic mass is 10.0. The molecule has 1 fully saturated rings. The predicted octanol–water partition coefficient (Wildman–Crippen LogP) is 1.90. The highest BCUT2D eigenvalue weighted by molar-refractivity contribution is 7.19. The Kier molecular flexibility index (Phi) is 6.48. The third kappa shape index (κ3) is 4.92. The number of carbonyl (C=O) groups is 3. The lowest BCUT2D eigenvalue weighted by molar-refractivity contribution is -0.147. The van der Waals surface area contributed by atoms with Gasteiger partial charge in [-0.2, -0.15) is 0 Å². The van der Waals surface area contributed by atoms with Crippen molar-refractivity contribution in [3.63, 3.8) is 0 Å². The molecule has 0 atom stereocenters.